The molecule has 0 atom stereocenters. The number of halogens is 3. The third kappa shape index (κ3) is 3.76. The van der Waals surface area contributed by atoms with Crippen molar-refractivity contribution in [2.45, 2.75) is 27.2 Å². The minimum Gasteiger partial charge on any atom is -0.383 e. The van der Waals surface area contributed by atoms with Crippen LogP contribution >= 0.6 is 0 Å². The van der Waals surface area contributed by atoms with Gasteiger partial charge in [-0.3, -0.25) is 0 Å². The van der Waals surface area contributed by atoms with E-state index < -0.39 is 17.5 Å². The summed E-state index contributed by atoms with van der Waals surface area (Å²) in [6, 6.07) is 1.39. The Kier molecular flexibility index (Phi) is 3.83. The Morgan fingerprint density at radius 1 is 1.00 bits per heavy atom. The maximum absolute atomic E-state index is 13.2. The zero-order valence-corrected chi connectivity index (χ0v) is 9.70. The van der Waals surface area contributed by atoms with Crippen LogP contribution in [0.25, 0.3) is 0 Å². The zero-order chi connectivity index (χ0) is 12.3. The normalized spacial score (nSPS) is 11.6. The van der Waals surface area contributed by atoms with E-state index in [0.717, 1.165) is 12.5 Å². The fourth-order valence-corrected chi connectivity index (χ4v) is 1.23. The van der Waals surface area contributed by atoms with Gasteiger partial charge in [-0.25, -0.2) is 13.2 Å². The van der Waals surface area contributed by atoms with Crippen molar-refractivity contribution < 1.29 is 13.2 Å². The maximum atomic E-state index is 13.2. The summed E-state index contributed by atoms with van der Waals surface area (Å²) < 4.78 is 38.6. The average Bonchev–Trinajstić information content (AvgIpc) is 2.11. The van der Waals surface area contributed by atoms with Crippen LogP contribution in [0.2, 0.25) is 0 Å². The maximum Gasteiger partial charge on any atom is 0.161 e. The molecule has 0 unspecified atom stereocenters. The smallest absolute Gasteiger partial charge is 0.161 e. The molecule has 90 valence electrons. The highest BCUT2D eigenvalue weighted by Gasteiger charge is 2.12. The molecule has 0 aromatic heterocycles. The van der Waals surface area contributed by atoms with Gasteiger partial charge >= 0.3 is 0 Å². The highest BCUT2D eigenvalue weighted by molar-refractivity contribution is 5.45. The van der Waals surface area contributed by atoms with E-state index in [0.29, 0.717) is 12.6 Å². The third-order valence-electron chi connectivity index (χ3n) is 2.20. The van der Waals surface area contributed by atoms with Crippen molar-refractivity contribution in [1.82, 2.24) is 0 Å². The van der Waals surface area contributed by atoms with Gasteiger partial charge in [-0.15, -0.1) is 0 Å². The van der Waals surface area contributed by atoms with Crippen molar-refractivity contribution in [3.8, 4) is 0 Å². The molecule has 1 nitrogen and oxygen atoms in total. The molecular formula is C12H16F3N. The van der Waals surface area contributed by atoms with Gasteiger partial charge in [0.25, 0.3) is 0 Å². The summed E-state index contributed by atoms with van der Waals surface area (Å²) in [5, 5.41) is 2.76. The SMILES string of the molecule is CC(C)(C)CCNc1cc(F)c(F)cc1F. The molecule has 0 spiro atoms. The Hall–Kier alpha value is -1.19. The van der Waals surface area contributed by atoms with Gasteiger partial charge in [0.15, 0.2) is 11.6 Å². The first-order valence-corrected chi connectivity index (χ1v) is 5.18. The summed E-state index contributed by atoms with van der Waals surface area (Å²) in [6.45, 7) is 6.67. The van der Waals surface area contributed by atoms with Crippen molar-refractivity contribution in [3.05, 3.63) is 29.6 Å². The predicted octanol–water partition coefficient (Wildman–Crippen LogP) is 3.95. The van der Waals surface area contributed by atoms with Gasteiger partial charge in [0.05, 0.1) is 5.69 Å². The lowest BCUT2D eigenvalue weighted by Gasteiger charge is -2.18. The summed E-state index contributed by atoms with van der Waals surface area (Å²) in [4.78, 5) is 0. The summed E-state index contributed by atoms with van der Waals surface area (Å²) >= 11 is 0. The van der Waals surface area contributed by atoms with Crippen molar-refractivity contribution in [3.63, 3.8) is 0 Å². The molecule has 0 saturated carbocycles. The molecule has 4 heteroatoms. The largest absolute Gasteiger partial charge is 0.383 e. The molecule has 0 saturated heterocycles. The fraction of sp³-hybridized carbons (Fsp3) is 0.500. The van der Waals surface area contributed by atoms with Crippen LogP contribution in [0.4, 0.5) is 18.9 Å². The summed E-state index contributed by atoms with van der Waals surface area (Å²) in [5.74, 6) is -2.98. The lowest BCUT2D eigenvalue weighted by molar-refractivity contribution is 0.389. The molecule has 0 aliphatic carbocycles. The molecule has 0 bridgehead atoms. The molecule has 1 aromatic carbocycles. The first-order chi connectivity index (χ1) is 7.29. The molecule has 1 N–H and O–H groups in total. The van der Waals surface area contributed by atoms with Crippen LogP contribution in [-0.4, -0.2) is 6.54 Å². The lowest BCUT2D eigenvalue weighted by atomic mass is 9.92. The molecule has 0 amide bonds. The van der Waals surface area contributed by atoms with E-state index in [9.17, 15) is 13.2 Å². The molecule has 0 radical (unpaired) electrons. The number of anilines is 1. The Balaban J connectivity index is 2.64. The summed E-state index contributed by atoms with van der Waals surface area (Å²) in [6.07, 6.45) is 0.811. The monoisotopic (exact) mass is 231 g/mol. The standard InChI is InChI=1S/C12H16F3N/c1-12(2,3)4-5-16-11-7-9(14)8(13)6-10(11)15/h6-7,16H,4-5H2,1-3H3. The van der Waals surface area contributed by atoms with Crippen LogP contribution in [0.3, 0.4) is 0 Å². The van der Waals surface area contributed by atoms with E-state index in [2.05, 4.69) is 26.1 Å². The third-order valence-corrected chi connectivity index (χ3v) is 2.20. The second-order valence-electron chi connectivity index (χ2n) is 4.98. The highest BCUT2D eigenvalue weighted by atomic mass is 19.2. The second-order valence-corrected chi connectivity index (χ2v) is 4.98. The van der Waals surface area contributed by atoms with Crippen LogP contribution in [0.1, 0.15) is 27.2 Å². The molecule has 0 heterocycles. The molecule has 1 rings (SSSR count). The van der Waals surface area contributed by atoms with Gasteiger partial charge in [-0.2, -0.15) is 0 Å². The molecular weight excluding hydrogens is 215 g/mol. The highest BCUT2D eigenvalue weighted by Crippen LogP contribution is 2.21. The Morgan fingerprint density at radius 2 is 1.56 bits per heavy atom. The Morgan fingerprint density at radius 3 is 2.12 bits per heavy atom. The molecule has 0 aliphatic heterocycles. The van der Waals surface area contributed by atoms with Gasteiger partial charge in [-0.1, -0.05) is 20.8 Å². The zero-order valence-electron chi connectivity index (χ0n) is 9.70. The minimum absolute atomic E-state index is 0.00292. The summed E-state index contributed by atoms with van der Waals surface area (Å²) in [7, 11) is 0. The molecule has 16 heavy (non-hydrogen) atoms. The van der Waals surface area contributed by atoms with Gasteiger partial charge in [0, 0.05) is 18.7 Å². The molecule has 0 fully saturated rings. The van der Waals surface area contributed by atoms with E-state index in [1.165, 1.54) is 0 Å². The van der Waals surface area contributed by atoms with Gasteiger partial charge in [-0.05, 0) is 11.8 Å². The number of nitrogens with one attached hydrogen (secondary N) is 1. The predicted molar refractivity (Wildman–Crippen MR) is 58.9 cm³/mol. The van der Waals surface area contributed by atoms with Crippen LogP contribution < -0.4 is 5.32 Å². The number of hydrogen-bond donors (Lipinski definition) is 1. The average molecular weight is 231 g/mol. The first-order valence-electron chi connectivity index (χ1n) is 5.18. The number of rotatable bonds is 3. The van der Waals surface area contributed by atoms with Gasteiger partial charge in [0.2, 0.25) is 0 Å². The van der Waals surface area contributed by atoms with Crippen LogP contribution in [0.5, 0.6) is 0 Å². The van der Waals surface area contributed by atoms with E-state index in [4.69, 9.17) is 0 Å². The summed E-state index contributed by atoms with van der Waals surface area (Å²) in [5.41, 5.74) is 0.116. The van der Waals surface area contributed by atoms with E-state index in [1.54, 1.807) is 0 Å². The van der Waals surface area contributed by atoms with Crippen molar-refractivity contribution in [2.75, 3.05) is 11.9 Å². The first kappa shape index (κ1) is 12.9. The van der Waals surface area contributed by atoms with Crippen molar-refractivity contribution >= 4 is 5.69 Å². The Bertz CT molecular complexity index is 369. The van der Waals surface area contributed by atoms with Gasteiger partial charge < -0.3 is 5.32 Å². The topological polar surface area (TPSA) is 12.0 Å². The van der Waals surface area contributed by atoms with Gasteiger partial charge in [0.1, 0.15) is 5.82 Å². The van der Waals surface area contributed by atoms with Crippen LogP contribution in [0.15, 0.2) is 12.1 Å². The Labute approximate surface area is 93.7 Å². The lowest BCUT2D eigenvalue weighted by Crippen LogP contribution is -2.13. The second kappa shape index (κ2) is 4.76. The molecule has 1 aromatic rings. The minimum atomic E-state index is -1.17. The van der Waals surface area contributed by atoms with Crippen LogP contribution in [0, 0.1) is 22.9 Å². The van der Waals surface area contributed by atoms with E-state index >= 15 is 0 Å². The molecule has 0 aliphatic rings. The quantitative estimate of drug-likeness (QED) is 0.776. The number of hydrogen-bond acceptors (Lipinski definition) is 1. The van der Waals surface area contributed by atoms with E-state index in [1.807, 2.05) is 0 Å². The number of benzene rings is 1. The van der Waals surface area contributed by atoms with Crippen molar-refractivity contribution in [2.24, 2.45) is 5.41 Å². The fourth-order valence-electron chi connectivity index (χ4n) is 1.23. The van der Waals surface area contributed by atoms with E-state index in [-0.39, 0.29) is 11.1 Å². The van der Waals surface area contributed by atoms with Crippen molar-refractivity contribution in [1.29, 1.82) is 0 Å². The van der Waals surface area contributed by atoms with Crippen LogP contribution in [-0.2, 0) is 0 Å².